The number of benzene rings is 1. The van der Waals surface area contributed by atoms with Crippen LogP contribution in [0, 0.1) is 13.8 Å². The molecule has 0 fully saturated rings. The molecular weight excluding hydrogens is 276 g/mol. The maximum Gasteiger partial charge on any atom is 0.0593 e. The summed E-state index contributed by atoms with van der Waals surface area (Å²) < 4.78 is 0. The van der Waals surface area contributed by atoms with Crippen LogP contribution in [0.15, 0.2) is 29.9 Å². The van der Waals surface area contributed by atoms with Gasteiger partial charge in [-0.25, -0.2) is 0 Å². The summed E-state index contributed by atoms with van der Waals surface area (Å²) in [6, 6.07) is 6.36. The van der Waals surface area contributed by atoms with Gasteiger partial charge in [-0.2, -0.15) is 5.10 Å². The topological polar surface area (TPSA) is 15.6 Å². The summed E-state index contributed by atoms with van der Waals surface area (Å²) in [7, 11) is 1.91. The molecule has 3 heteroatoms. The zero-order valence-corrected chi connectivity index (χ0v) is 12.5. The van der Waals surface area contributed by atoms with E-state index in [2.05, 4.69) is 59.7 Å². The maximum absolute atomic E-state index is 4.33. The Morgan fingerprint density at radius 2 is 2.12 bits per heavy atom. The zero-order valence-electron chi connectivity index (χ0n) is 10.9. The van der Waals surface area contributed by atoms with Crippen LogP contribution in [0.25, 0.3) is 5.70 Å². The summed E-state index contributed by atoms with van der Waals surface area (Å²) in [5, 5.41) is 6.14. The van der Waals surface area contributed by atoms with Crippen molar-refractivity contribution in [3.05, 3.63) is 41.5 Å². The first-order valence-corrected chi connectivity index (χ1v) is 6.52. The van der Waals surface area contributed by atoms with E-state index < -0.39 is 0 Å². The Morgan fingerprint density at radius 1 is 1.47 bits per heavy atom. The highest BCUT2D eigenvalue weighted by atomic mass is 79.9. The Bertz CT molecular complexity index is 436. The predicted octanol–water partition coefficient (Wildman–Crippen LogP) is 3.98. The van der Waals surface area contributed by atoms with Gasteiger partial charge < -0.3 is 0 Å². The normalized spacial score (nSPS) is 12.8. The van der Waals surface area contributed by atoms with Crippen molar-refractivity contribution in [3.63, 3.8) is 0 Å². The van der Waals surface area contributed by atoms with Crippen molar-refractivity contribution in [2.45, 2.75) is 25.6 Å². The van der Waals surface area contributed by atoms with Crippen molar-refractivity contribution >= 4 is 27.8 Å². The lowest BCUT2D eigenvalue weighted by Crippen LogP contribution is -2.11. The van der Waals surface area contributed by atoms with E-state index in [9.17, 15) is 0 Å². The summed E-state index contributed by atoms with van der Waals surface area (Å²) in [5.74, 6) is 0. The van der Waals surface area contributed by atoms with Gasteiger partial charge in [0.15, 0.2) is 0 Å². The molecule has 17 heavy (non-hydrogen) atoms. The lowest BCUT2D eigenvalue weighted by molar-refractivity contribution is 0.519. The third-order valence-electron chi connectivity index (χ3n) is 2.54. The molecule has 0 aromatic heterocycles. The molecule has 92 valence electrons. The number of aryl methyl sites for hydroxylation is 2. The van der Waals surface area contributed by atoms with Gasteiger partial charge in [0.1, 0.15) is 0 Å². The summed E-state index contributed by atoms with van der Waals surface area (Å²) in [6.45, 7) is 10.3. The van der Waals surface area contributed by atoms with Crippen molar-refractivity contribution in [2.75, 3.05) is 7.05 Å². The molecule has 0 spiro atoms. The van der Waals surface area contributed by atoms with Crippen LogP contribution in [0.2, 0.25) is 0 Å². The first-order valence-electron chi connectivity index (χ1n) is 5.60. The van der Waals surface area contributed by atoms with E-state index in [-0.39, 0.29) is 4.83 Å². The number of hydrogen-bond donors (Lipinski definition) is 0. The van der Waals surface area contributed by atoms with Crippen LogP contribution in [0.3, 0.4) is 0 Å². The van der Waals surface area contributed by atoms with Crippen LogP contribution >= 0.6 is 15.9 Å². The molecule has 1 unspecified atom stereocenters. The molecule has 0 aliphatic rings. The van der Waals surface area contributed by atoms with E-state index in [1.54, 1.807) is 5.01 Å². The van der Waals surface area contributed by atoms with E-state index in [1.807, 2.05) is 20.2 Å². The summed E-state index contributed by atoms with van der Waals surface area (Å²) in [5.41, 5.74) is 4.51. The van der Waals surface area contributed by atoms with Crippen LogP contribution < -0.4 is 0 Å². The van der Waals surface area contributed by atoms with Gasteiger partial charge in [0, 0.05) is 23.7 Å². The molecule has 0 saturated carbocycles. The van der Waals surface area contributed by atoms with Crippen LogP contribution in [-0.2, 0) is 0 Å². The Hall–Kier alpha value is -1.09. The van der Waals surface area contributed by atoms with Gasteiger partial charge in [-0.3, -0.25) is 5.01 Å². The van der Waals surface area contributed by atoms with E-state index >= 15 is 0 Å². The smallest absolute Gasteiger partial charge is 0.0593 e. The molecule has 0 amide bonds. The second-order valence-electron chi connectivity index (χ2n) is 4.23. The molecule has 0 aliphatic heterocycles. The van der Waals surface area contributed by atoms with Crippen molar-refractivity contribution in [3.8, 4) is 0 Å². The highest BCUT2D eigenvalue weighted by molar-refractivity contribution is 9.09. The molecule has 0 radical (unpaired) electrons. The van der Waals surface area contributed by atoms with Crippen LogP contribution in [-0.4, -0.2) is 23.1 Å². The number of halogens is 1. The molecular formula is C14H19BrN2. The number of hydrazone groups is 1. The highest BCUT2D eigenvalue weighted by Crippen LogP contribution is 2.21. The molecule has 0 bridgehead atoms. The molecule has 0 N–H and O–H groups in total. The molecule has 0 aliphatic carbocycles. The van der Waals surface area contributed by atoms with Gasteiger partial charge in [-0.15, -0.1) is 0 Å². The van der Waals surface area contributed by atoms with Gasteiger partial charge in [0.25, 0.3) is 0 Å². The second-order valence-corrected chi connectivity index (χ2v) is 5.68. The predicted molar refractivity (Wildman–Crippen MR) is 79.6 cm³/mol. The van der Waals surface area contributed by atoms with Gasteiger partial charge >= 0.3 is 0 Å². The summed E-state index contributed by atoms with van der Waals surface area (Å²) in [6.07, 6.45) is 1.84. The number of hydrogen-bond acceptors (Lipinski definition) is 2. The summed E-state index contributed by atoms with van der Waals surface area (Å²) in [4.78, 5) is 0.261. The minimum absolute atomic E-state index is 0.261. The van der Waals surface area contributed by atoms with Crippen molar-refractivity contribution in [1.82, 2.24) is 5.01 Å². The lowest BCUT2D eigenvalue weighted by atomic mass is 10.0. The van der Waals surface area contributed by atoms with Gasteiger partial charge in [-0.1, -0.05) is 40.2 Å². The molecule has 1 aromatic rings. The van der Waals surface area contributed by atoms with E-state index in [0.29, 0.717) is 0 Å². The second kappa shape index (κ2) is 6.01. The van der Waals surface area contributed by atoms with Crippen LogP contribution in [0.5, 0.6) is 0 Å². The number of nitrogens with zero attached hydrogens (tertiary/aromatic N) is 2. The van der Waals surface area contributed by atoms with Crippen molar-refractivity contribution in [2.24, 2.45) is 5.10 Å². The van der Waals surface area contributed by atoms with E-state index in [0.717, 1.165) is 11.3 Å². The minimum Gasteiger partial charge on any atom is -0.269 e. The fourth-order valence-electron chi connectivity index (χ4n) is 1.48. The quantitative estimate of drug-likeness (QED) is 0.466. The average Bonchev–Trinajstić information content (AvgIpc) is 2.28. The largest absolute Gasteiger partial charge is 0.269 e. The fraction of sp³-hybridized carbons (Fsp3) is 0.357. The Labute approximate surface area is 112 Å². The third-order valence-corrected chi connectivity index (χ3v) is 2.78. The number of rotatable bonds is 4. The summed E-state index contributed by atoms with van der Waals surface area (Å²) >= 11 is 3.43. The molecule has 0 saturated heterocycles. The molecule has 0 heterocycles. The molecule has 1 rings (SSSR count). The van der Waals surface area contributed by atoms with Gasteiger partial charge in [0.2, 0.25) is 0 Å². The van der Waals surface area contributed by atoms with Gasteiger partial charge in [0.05, 0.1) is 5.70 Å². The highest BCUT2D eigenvalue weighted by Gasteiger charge is 2.07. The Balaban J connectivity index is 2.92. The monoisotopic (exact) mass is 294 g/mol. The Morgan fingerprint density at radius 3 is 2.71 bits per heavy atom. The standard InChI is InChI=1S/C14H19BrN2/c1-10-6-7-11(2)14(8-10)13(4)17(5)16-9-12(3)15/h6-9,12H,4H2,1-3,5H3/b16-9-. The van der Waals surface area contributed by atoms with E-state index in [4.69, 9.17) is 0 Å². The minimum atomic E-state index is 0.261. The lowest BCUT2D eigenvalue weighted by Gasteiger charge is -2.18. The zero-order chi connectivity index (χ0) is 13.0. The fourth-order valence-corrected chi connectivity index (χ4v) is 1.59. The van der Waals surface area contributed by atoms with Gasteiger partial charge in [-0.05, 0) is 32.4 Å². The van der Waals surface area contributed by atoms with E-state index in [1.165, 1.54) is 11.1 Å². The Kier molecular flexibility index (Phi) is 4.94. The molecule has 1 aromatic carbocycles. The number of alkyl halides is 1. The maximum atomic E-state index is 4.33. The van der Waals surface area contributed by atoms with Crippen molar-refractivity contribution < 1.29 is 0 Å². The van der Waals surface area contributed by atoms with Crippen LogP contribution in [0.1, 0.15) is 23.6 Å². The molecule has 1 atom stereocenters. The first kappa shape index (κ1) is 14.0. The SMILES string of the molecule is C=C(c1cc(C)ccc1C)N(C)/N=C\C(C)Br. The third kappa shape index (κ3) is 4.00. The van der Waals surface area contributed by atoms with Crippen molar-refractivity contribution in [1.29, 1.82) is 0 Å². The first-order chi connectivity index (χ1) is 7.91. The average molecular weight is 295 g/mol. The van der Waals surface area contributed by atoms with Crippen LogP contribution in [0.4, 0.5) is 0 Å². The molecule has 2 nitrogen and oxygen atoms in total.